The van der Waals surface area contributed by atoms with Gasteiger partial charge in [0.15, 0.2) is 10.9 Å². The highest BCUT2D eigenvalue weighted by molar-refractivity contribution is 9.10. The van der Waals surface area contributed by atoms with Crippen LogP contribution in [0.25, 0.3) is 0 Å². The molecule has 0 saturated heterocycles. The molecule has 4 nitrogen and oxygen atoms in total. The van der Waals surface area contributed by atoms with Crippen molar-refractivity contribution in [3.05, 3.63) is 64.6 Å². The van der Waals surface area contributed by atoms with Gasteiger partial charge in [0.25, 0.3) is 0 Å². The molecule has 140 valence electrons. The maximum Gasteiger partial charge on any atom is 0.171 e. The van der Waals surface area contributed by atoms with E-state index < -0.39 is 5.79 Å². The zero-order valence-corrected chi connectivity index (χ0v) is 17.6. The second kappa shape index (κ2) is 9.46. The number of para-hydroxylation sites is 1. The fourth-order valence-electron chi connectivity index (χ4n) is 2.48. The predicted molar refractivity (Wildman–Crippen MR) is 114 cm³/mol. The monoisotopic (exact) mass is 436 g/mol. The van der Waals surface area contributed by atoms with Crippen LogP contribution in [0.1, 0.15) is 32.3 Å². The Kier molecular flexibility index (Phi) is 7.58. The Morgan fingerprint density at radius 3 is 2.38 bits per heavy atom. The number of hydrogen-bond acceptors (Lipinski definition) is 3. The van der Waals surface area contributed by atoms with Gasteiger partial charge in [-0.05, 0) is 59.7 Å². The Labute approximate surface area is 169 Å². The molecule has 6 heteroatoms. The summed E-state index contributed by atoms with van der Waals surface area (Å²) in [5.74, 6) is -1.06. The van der Waals surface area contributed by atoms with Crippen LogP contribution in [0.4, 0.5) is 5.69 Å². The van der Waals surface area contributed by atoms with Crippen molar-refractivity contribution >= 4 is 38.9 Å². The van der Waals surface area contributed by atoms with E-state index in [1.165, 1.54) is 5.56 Å². The Balaban J connectivity index is 2.10. The number of nitrogens with one attached hydrogen (secondary N) is 2. The number of halogens is 1. The molecule has 26 heavy (non-hydrogen) atoms. The largest absolute Gasteiger partial charge is 0.366 e. The summed E-state index contributed by atoms with van der Waals surface area (Å²) in [5, 5.41) is 17.0. The number of benzene rings is 2. The summed E-state index contributed by atoms with van der Waals surface area (Å²) in [6, 6.07) is 17.8. The lowest BCUT2D eigenvalue weighted by Gasteiger charge is -2.29. The molecule has 2 atom stereocenters. The molecule has 0 aliphatic heterocycles. The number of aliphatic hydroxyl groups is 1. The summed E-state index contributed by atoms with van der Waals surface area (Å²) >= 11 is 8.99. The fourth-order valence-corrected chi connectivity index (χ4v) is 3.13. The predicted octanol–water partition coefficient (Wildman–Crippen LogP) is 4.65. The van der Waals surface area contributed by atoms with Crippen LogP contribution >= 0.6 is 28.1 Å². The molecule has 3 N–H and O–H groups in total. The molecule has 0 fully saturated rings. The molecule has 0 aliphatic rings. The normalized spacial score (nSPS) is 13.7. The van der Waals surface area contributed by atoms with Gasteiger partial charge < -0.3 is 20.5 Å². The molecule has 2 aromatic rings. The van der Waals surface area contributed by atoms with Crippen molar-refractivity contribution in [3.8, 4) is 0 Å². The SMILES string of the molecule is CC(c1ccccc1)C(COC(C)(C)O)NC(=S)Nc1ccccc1Br. The molecule has 0 bridgehead atoms. The van der Waals surface area contributed by atoms with E-state index in [4.69, 9.17) is 17.0 Å². The van der Waals surface area contributed by atoms with Gasteiger partial charge >= 0.3 is 0 Å². The minimum absolute atomic E-state index is 0.105. The molecule has 0 saturated carbocycles. The summed E-state index contributed by atoms with van der Waals surface area (Å²) in [5.41, 5.74) is 2.06. The highest BCUT2D eigenvalue weighted by atomic mass is 79.9. The molecule has 2 unspecified atom stereocenters. The van der Waals surface area contributed by atoms with Crippen molar-refractivity contribution in [3.63, 3.8) is 0 Å². The van der Waals surface area contributed by atoms with E-state index in [1.54, 1.807) is 13.8 Å². The number of ether oxygens (including phenoxy) is 1. The fraction of sp³-hybridized carbons (Fsp3) is 0.350. The molecule has 2 rings (SSSR count). The molecule has 0 aliphatic carbocycles. The van der Waals surface area contributed by atoms with E-state index in [1.807, 2.05) is 42.5 Å². The van der Waals surface area contributed by atoms with Gasteiger partial charge in [0.1, 0.15) is 0 Å². The highest BCUT2D eigenvalue weighted by Crippen LogP contribution is 2.23. The topological polar surface area (TPSA) is 53.5 Å². The van der Waals surface area contributed by atoms with Crippen molar-refractivity contribution in [2.45, 2.75) is 38.5 Å². The van der Waals surface area contributed by atoms with E-state index in [0.29, 0.717) is 11.7 Å². The lowest BCUT2D eigenvalue weighted by Crippen LogP contribution is -2.45. The lowest BCUT2D eigenvalue weighted by atomic mass is 9.94. The van der Waals surface area contributed by atoms with E-state index in [9.17, 15) is 5.11 Å². The Hall–Kier alpha value is -1.47. The van der Waals surface area contributed by atoms with Crippen LogP contribution in [0.5, 0.6) is 0 Å². The van der Waals surface area contributed by atoms with Crippen LogP contribution in [0.2, 0.25) is 0 Å². The van der Waals surface area contributed by atoms with Crippen LogP contribution in [0.3, 0.4) is 0 Å². The second-order valence-electron chi connectivity index (χ2n) is 6.64. The van der Waals surface area contributed by atoms with E-state index in [2.05, 4.69) is 45.6 Å². The second-order valence-corrected chi connectivity index (χ2v) is 7.90. The third-order valence-electron chi connectivity index (χ3n) is 3.98. The minimum Gasteiger partial charge on any atom is -0.366 e. The first-order valence-corrected chi connectivity index (χ1v) is 9.70. The Morgan fingerprint density at radius 1 is 1.15 bits per heavy atom. The van der Waals surface area contributed by atoms with E-state index >= 15 is 0 Å². The van der Waals surface area contributed by atoms with Crippen molar-refractivity contribution in [2.24, 2.45) is 0 Å². The third kappa shape index (κ3) is 6.68. The van der Waals surface area contributed by atoms with Gasteiger partial charge in [0, 0.05) is 10.4 Å². The van der Waals surface area contributed by atoms with Crippen LogP contribution < -0.4 is 10.6 Å². The van der Waals surface area contributed by atoms with Gasteiger partial charge in [0.05, 0.1) is 18.3 Å². The van der Waals surface area contributed by atoms with E-state index in [0.717, 1.165) is 10.2 Å². The van der Waals surface area contributed by atoms with Crippen molar-refractivity contribution in [1.29, 1.82) is 0 Å². The standard InChI is InChI=1S/C20H25BrN2O2S/c1-14(15-9-5-4-6-10-15)18(13-25-20(2,3)24)23-19(26)22-17-12-8-7-11-16(17)21/h4-12,14,18,24H,13H2,1-3H3,(H2,22,23,26). The zero-order chi connectivity index (χ0) is 19.2. The summed E-state index contributed by atoms with van der Waals surface area (Å²) in [4.78, 5) is 0. The summed E-state index contributed by atoms with van der Waals surface area (Å²) < 4.78 is 6.54. The zero-order valence-electron chi connectivity index (χ0n) is 15.2. The number of rotatable bonds is 7. The van der Waals surface area contributed by atoms with Crippen LogP contribution in [-0.4, -0.2) is 28.7 Å². The number of thiocarbonyl (C=S) groups is 1. The third-order valence-corrected chi connectivity index (χ3v) is 4.89. The number of anilines is 1. The van der Waals surface area contributed by atoms with Gasteiger partial charge in [-0.15, -0.1) is 0 Å². The van der Waals surface area contributed by atoms with Gasteiger partial charge in [-0.2, -0.15) is 0 Å². The van der Waals surface area contributed by atoms with Crippen LogP contribution in [0.15, 0.2) is 59.1 Å². The molecule has 0 spiro atoms. The average Bonchev–Trinajstić information content (AvgIpc) is 2.60. The Morgan fingerprint density at radius 2 is 1.77 bits per heavy atom. The van der Waals surface area contributed by atoms with Crippen molar-refractivity contribution < 1.29 is 9.84 Å². The molecule has 0 amide bonds. The maximum atomic E-state index is 9.92. The smallest absolute Gasteiger partial charge is 0.171 e. The van der Waals surface area contributed by atoms with Gasteiger partial charge in [0.2, 0.25) is 0 Å². The first kappa shape index (κ1) is 20.8. The van der Waals surface area contributed by atoms with Gasteiger partial charge in [-0.25, -0.2) is 0 Å². The quantitative estimate of drug-likeness (QED) is 0.435. The van der Waals surface area contributed by atoms with Gasteiger partial charge in [-0.3, -0.25) is 0 Å². The average molecular weight is 437 g/mol. The summed E-state index contributed by atoms with van der Waals surface area (Å²) in [6.07, 6.45) is 0. The molecule has 2 aromatic carbocycles. The Bertz CT molecular complexity index is 719. The molecular weight excluding hydrogens is 412 g/mol. The van der Waals surface area contributed by atoms with Crippen LogP contribution in [0, 0.1) is 0 Å². The minimum atomic E-state index is -1.20. The number of hydrogen-bond donors (Lipinski definition) is 3. The van der Waals surface area contributed by atoms with Crippen LogP contribution in [-0.2, 0) is 4.74 Å². The highest BCUT2D eigenvalue weighted by Gasteiger charge is 2.23. The molecule has 0 aromatic heterocycles. The molecule has 0 radical (unpaired) electrons. The molecule has 0 heterocycles. The first-order valence-electron chi connectivity index (χ1n) is 8.49. The van der Waals surface area contributed by atoms with Crippen molar-refractivity contribution in [2.75, 3.05) is 11.9 Å². The van der Waals surface area contributed by atoms with Crippen molar-refractivity contribution in [1.82, 2.24) is 5.32 Å². The van der Waals surface area contributed by atoms with Gasteiger partial charge in [-0.1, -0.05) is 49.4 Å². The van der Waals surface area contributed by atoms with E-state index in [-0.39, 0.29) is 12.0 Å². The summed E-state index contributed by atoms with van der Waals surface area (Å²) in [7, 11) is 0. The summed E-state index contributed by atoms with van der Waals surface area (Å²) in [6.45, 7) is 5.67. The maximum absolute atomic E-state index is 9.92. The molecular formula is C20H25BrN2O2S. The lowest BCUT2D eigenvalue weighted by molar-refractivity contribution is -0.180. The first-order chi connectivity index (χ1) is 12.3.